The van der Waals surface area contributed by atoms with E-state index in [0.29, 0.717) is 5.56 Å². The monoisotopic (exact) mass is 473 g/mol. The van der Waals surface area contributed by atoms with Crippen LogP contribution in [-0.4, -0.2) is 37.0 Å². The average molecular weight is 474 g/mol. The van der Waals surface area contributed by atoms with E-state index in [2.05, 4.69) is 21.2 Å². The molecule has 3 rings (SSSR count). The Hall–Kier alpha value is -2.51. The van der Waals surface area contributed by atoms with Crippen molar-refractivity contribution in [1.29, 1.82) is 0 Å². The van der Waals surface area contributed by atoms with Crippen molar-refractivity contribution in [3.63, 3.8) is 0 Å². The van der Waals surface area contributed by atoms with Gasteiger partial charge in [-0.05, 0) is 37.1 Å². The van der Waals surface area contributed by atoms with E-state index in [9.17, 15) is 14.4 Å². The Labute approximate surface area is 184 Å². The minimum absolute atomic E-state index is 0.0937. The Morgan fingerprint density at radius 1 is 0.967 bits per heavy atom. The van der Waals surface area contributed by atoms with E-state index in [4.69, 9.17) is 9.47 Å². The second-order valence-corrected chi connectivity index (χ2v) is 7.94. The zero-order valence-corrected chi connectivity index (χ0v) is 18.4. The highest BCUT2D eigenvalue weighted by Crippen LogP contribution is 2.49. The number of hydrogen-bond donors (Lipinski definition) is 1. The van der Waals surface area contributed by atoms with Gasteiger partial charge in [0.15, 0.2) is 0 Å². The molecule has 1 heterocycles. The molecular weight excluding hydrogens is 450 g/mol. The van der Waals surface area contributed by atoms with Crippen molar-refractivity contribution in [2.75, 3.05) is 13.2 Å². The molecule has 2 aromatic rings. The summed E-state index contributed by atoms with van der Waals surface area (Å²) in [5, 5.41) is 3.16. The number of rotatable bonds is 7. The van der Waals surface area contributed by atoms with Gasteiger partial charge in [-0.2, -0.15) is 0 Å². The number of nitrogens with one attached hydrogen (secondary N) is 1. The summed E-state index contributed by atoms with van der Waals surface area (Å²) in [6.45, 7) is 3.53. The van der Waals surface area contributed by atoms with Crippen molar-refractivity contribution in [2.24, 2.45) is 5.92 Å². The first-order chi connectivity index (χ1) is 14.5. The highest BCUT2D eigenvalue weighted by Gasteiger charge is 2.65. The summed E-state index contributed by atoms with van der Waals surface area (Å²) in [7, 11) is 0. The van der Waals surface area contributed by atoms with Gasteiger partial charge in [-0.15, -0.1) is 0 Å². The van der Waals surface area contributed by atoms with Gasteiger partial charge in [0.2, 0.25) is 5.54 Å². The first-order valence-electron chi connectivity index (χ1n) is 9.87. The summed E-state index contributed by atoms with van der Waals surface area (Å²) >= 11 is 3.40. The van der Waals surface area contributed by atoms with Gasteiger partial charge in [0.1, 0.15) is 6.29 Å². The van der Waals surface area contributed by atoms with Crippen LogP contribution in [0.25, 0.3) is 0 Å². The zero-order valence-electron chi connectivity index (χ0n) is 16.8. The van der Waals surface area contributed by atoms with Gasteiger partial charge in [-0.25, -0.2) is 9.59 Å². The third-order valence-corrected chi connectivity index (χ3v) is 5.89. The molecule has 0 aromatic heterocycles. The summed E-state index contributed by atoms with van der Waals surface area (Å²) in [5.41, 5.74) is -0.374. The molecule has 0 bridgehead atoms. The maximum absolute atomic E-state index is 13.3. The van der Waals surface area contributed by atoms with E-state index < -0.39 is 35.4 Å². The third-order valence-electron chi connectivity index (χ3n) is 5.36. The van der Waals surface area contributed by atoms with Crippen LogP contribution in [-0.2, 0) is 23.9 Å². The van der Waals surface area contributed by atoms with E-state index >= 15 is 0 Å². The van der Waals surface area contributed by atoms with E-state index in [0.717, 1.165) is 16.3 Å². The fraction of sp³-hybridized carbons (Fsp3) is 0.348. The number of ether oxygens (including phenoxy) is 2. The molecule has 1 aliphatic rings. The van der Waals surface area contributed by atoms with E-state index in [1.807, 2.05) is 42.5 Å². The molecule has 1 N–H and O–H groups in total. The first-order valence-corrected chi connectivity index (χ1v) is 10.7. The van der Waals surface area contributed by atoms with Gasteiger partial charge in [0.25, 0.3) is 0 Å². The van der Waals surface area contributed by atoms with Crippen LogP contribution >= 0.6 is 15.9 Å². The number of benzene rings is 2. The zero-order chi connectivity index (χ0) is 21.7. The van der Waals surface area contributed by atoms with Crippen molar-refractivity contribution >= 4 is 34.2 Å². The summed E-state index contributed by atoms with van der Waals surface area (Å²) in [6.07, 6.45) is 0.803. The van der Waals surface area contributed by atoms with Gasteiger partial charge in [-0.3, -0.25) is 5.32 Å². The van der Waals surface area contributed by atoms with Gasteiger partial charge in [0.05, 0.1) is 13.2 Å². The highest BCUT2D eigenvalue weighted by molar-refractivity contribution is 9.10. The van der Waals surface area contributed by atoms with Crippen molar-refractivity contribution in [3.8, 4) is 0 Å². The SMILES string of the molecule is CCOC(=O)C1(C(=O)OCC)N[C@H](c2ccccc2)[C@H](C=O)[C@H]1c1ccc(Br)cc1. The van der Waals surface area contributed by atoms with Crippen LogP contribution in [0.4, 0.5) is 0 Å². The average Bonchev–Trinajstić information content (AvgIpc) is 3.12. The lowest BCUT2D eigenvalue weighted by Crippen LogP contribution is -2.59. The molecule has 1 saturated heterocycles. The Balaban J connectivity index is 2.23. The molecule has 0 saturated carbocycles. The molecule has 7 heteroatoms. The normalized spacial score (nSPS) is 22.3. The lowest BCUT2D eigenvalue weighted by atomic mass is 9.74. The molecule has 6 nitrogen and oxygen atoms in total. The van der Waals surface area contributed by atoms with Gasteiger partial charge in [-0.1, -0.05) is 58.4 Å². The van der Waals surface area contributed by atoms with Crippen molar-refractivity contribution in [1.82, 2.24) is 5.32 Å². The lowest BCUT2D eigenvalue weighted by molar-refractivity contribution is -0.166. The second-order valence-electron chi connectivity index (χ2n) is 7.02. The maximum Gasteiger partial charge on any atom is 0.338 e. The van der Waals surface area contributed by atoms with Gasteiger partial charge < -0.3 is 14.3 Å². The molecule has 0 spiro atoms. The molecule has 30 heavy (non-hydrogen) atoms. The summed E-state index contributed by atoms with van der Waals surface area (Å²) < 4.78 is 11.5. The summed E-state index contributed by atoms with van der Waals surface area (Å²) in [6, 6.07) is 15.9. The molecule has 0 radical (unpaired) electrons. The van der Waals surface area contributed by atoms with Crippen LogP contribution in [0, 0.1) is 5.92 Å². The van der Waals surface area contributed by atoms with Crippen molar-refractivity contribution < 1.29 is 23.9 Å². The number of aldehydes is 1. The van der Waals surface area contributed by atoms with Crippen molar-refractivity contribution in [2.45, 2.75) is 31.3 Å². The van der Waals surface area contributed by atoms with Gasteiger partial charge in [0, 0.05) is 22.4 Å². The summed E-state index contributed by atoms with van der Waals surface area (Å²) in [5.74, 6) is -2.99. The first kappa shape index (κ1) is 22.2. The number of hydrogen-bond acceptors (Lipinski definition) is 6. The van der Waals surface area contributed by atoms with Crippen molar-refractivity contribution in [3.05, 3.63) is 70.2 Å². The minimum Gasteiger partial charge on any atom is -0.464 e. The van der Waals surface area contributed by atoms with Crippen LogP contribution < -0.4 is 5.32 Å². The molecule has 3 atom stereocenters. The molecule has 158 valence electrons. The largest absolute Gasteiger partial charge is 0.464 e. The van der Waals surface area contributed by atoms with Crippen LogP contribution in [0.2, 0.25) is 0 Å². The Bertz CT molecular complexity index is 882. The lowest BCUT2D eigenvalue weighted by Gasteiger charge is -2.32. The number of esters is 2. The molecule has 1 fully saturated rings. The molecule has 0 aliphatic carbocycles. The molecule has 0 unspecified atom stereocenters. The summed E-state index contributed by atoms with van der Waals surface area (Å²) in [4.78, 5) is 38.9. The molecule has 1 aliphatic heterocycles. The Morgan fingerprint density at radius 2 is 1.53 bits per heavy atom. The minimum atomic E-state index is -1.84. The molecular formula is C23H24BrNO5. The Kier molecular flexibility index (Phi) is 7.05. The van der Waals surface area contributed by atoms with Crippen LogP contribution in [0.5, 0.6) is 0 Å². The maximum atomic E-state index is 13.3. The van der Waals surface area contributed by atoms with E-state index in [-0.39, 0.29) is 13.2 Å². The fourth-order valence-corrected chi connectivity index (χ4v) is 4.39. The predicted octanol–water partition coefficient (Wildman–Crippen LogP) is 3.56. The van der Waals surface area contributed by atoms with Crippen LogP contribution in [0.3, 0.4) is 0 Å². The second kappa shape index (κ2) is 9.53. The standard InChI is InChI=1S/C23H24BrNO5/c1-3-29-21(27)23(22(28)30-4-2)19(15-10-12-17(24)13-11-15)18(14-26)20(25-23)16-8-6-5-7-9-16/h5-14,18-20,25H,3-4H2,1-2H3/t18-,19-,20-/m1/s1. The smallest absolute Gasteiger partial charge is 0.338 e. The quantitative estimate of drug-likeness (QED) is 0.376. The van der Waals surface area contributed by atoms with Crippen LogP contribution in [0.1, 0.15) is 36.9 Å². The van der Waals surface area contributed by atoms with E-state index in [1.54, 1.807) is 26.0 Å². The number of carbonyl (C=O) groups is 3. The highest BCUT2D eigenvalue weighted by atomic mass is 79.9. The third kappa shape index (κ3) is 3.91. The van der Waals surface area contributed by atoms with Gasteiger partial charge >= 0.3 is 11.9 Å². The molecule has 0 amide bonds. The number of halogens is 1. The Morgan fingerprint density at radius 3 is 2.03 bits per heavy atom. The topological polar surface area (TPSA) is 81.7 Å². The number of carbonyl (C=O) groups excluding carboxylic acids is 3. The fourth-order valence-electron chi connectivity index (χ4n) is 4.12. The van der Waals surface area contributed by atoms with Crippen LogP contribution in [0.15, 0.2) is 59.1 Å². The van der Waals surface area contributed by atoms with E-state index in [1.165, 1.54) is 0 Å². The molecule has 2 aromatic carbocycles. The predicted molar refractivity (Wildman–Crippen MR) is 115 cm³/mol.